The van der Waals surface area contributed by atoms with Crippen molar-refractivity contribution in [1.29, 1.82) is 0 Å². The van der Waals surface area contributed by atoms with Gasteiger partial charge in [-0.1, -0.05) is 0 Å². The largest absolute Gasteiger partial charge is 0.343 e. The van der Waals surface area contributed by atoms with E-state index in [0.717, 1.165) is 16.7 Å². The number of alkyl halides is 1. The Labute approximate surface area is 68.4 Å². The van der Waals surface area contributed by atoms with Gasteiger partial charge in [0.2, 0.25) is 0 Å². The smallest absolute Gasteiger partial charge is 0.177 e. The first kappa shape index (κ1) is 6.61. The minimum Gasteiger partial charge on any atom is -0.343 e. The van der Waals surface area contributed by atoms with Gasteiger partial charge in [0.1, 0.15) is 0 Å². The number of rotatable bonds is 1. The molecular weight excluding hydrogens is 162 g/mol. The molecule has 3 nitrogen and oxygen atoms in total. The third-order valence-electron chi connectivity index (χ3n) is 1.56. The number of pyridine rings is 1. The average Bonchev–Trinajstić information content (AvgIpc) is 2.50. The van der Waals surface area contributed by atoms with Crippen LogP contribution in [0.15, 0.2) is 18.6 Å². The summed E-state index contributed by atoms with van der Waals surface area (Å²) in [5.74, 6) is 0.487. The van der Waals surface area contributed by atoms with Crippen LogP contribution in [0, 0.1) is 0 Å². The van der Waals surface area contributed by atoms with Crippen molar-refractivity contribution in [1.82, 2.24) is 15.0 Å². The Kier molecular flexibility index (Phi) is 1.51. The topological polar surface area (TPSA) is 41.6 Å². The lowest BCUT2D eigenvalue weighted by Crippen LogP contribution is -1.82. The number of nitrogens with zero attached hydrogens (tertiary/aromatic N) is 2. The van der Waals surface area contributed by atoms with Crippen molar-refractivity contribution in [2.45, 2.75) is 5.88 Å². The highest BCUT2D eigenvalue weighted by molar-refractivity contribution is 6.17. The van der Waals surface area contributed by atoms with Gasteiger partial charge in [-0.2, -0.15) is 0 Å². The molecule has 2 rings (SSSR count). The second-order valence-electron chi connectivity index (χ2n) is 2.20. The normalized spacial score (nSPS) is 10.6. The van der Waals surface area contributed by atoms with Gasteiger partial charge < -0.3 is 4.98 Å². The van der Waals surface area contributed by atoms with Gasteiger partial charge >= 0.3 is 0 Å². The summed E-state index contributed by atoms with van der Waals surface area (Å²) in [6, 6.07) is 1.88. The Bertz CT molecular complexity index is 368. The fraction of sp³-hybridized carbons (Fsp3) is 0.143. The second-order valence-corrected chi connectivity index (χ2v) is 2.47. The summed E-state index contributed by atoms with van der Waals surface area (Å²) in [5.41, 5.74) is 2.69. The highest BCUT2D eigenvalue weighted by Crippen LogP contribution is 2.13. The van der Waals surface area contributed by atoms with Gasteiger partial charge in [-0.05, 0) is 11.6 Å². The van der Waals surface area contributed by atoms with Gasteiger partial charge in [-0.15, -0.1) is 11.6 Å². The quantitative estimate of drug-likeness (QED) is 0.657. The Morgan fingerprint density at radius 3 is 3.18 bits per heavy atom. The van der Waals surface area contributed by atoms with E-state index < -0.39 is 0 Å². The van der Waals surface area contributed by atoms with Crippen LogP contribution in [0.2, 0.25) is 0 Å². The van der Waals surface area contributed by atoms with Crippen LogP contribution in [0.4, 0.5) is 0 Å². The molecule has 0 aliphatic carbocycles. The summed E-state index contributed by atoms with van der Waals surface area (Å²) in [4.78, 5) is 11.0. The molecule has 0 aromatic carbocycles. The fourth-order valence-electron chi connectivity index (χ4n) is 1.01. The first-order valence-corrected chi connectivity index (χ1v) is 3.78. The Balaban J connectivity index is 2.79. The van der Waals surface area contributed by atoms with Crippen molar-refractivity contribution in [3.63, 3.8) is 0 Å². The van der Waals surface area contributed by atoms with E-state index in [0.29, 0.717) is 5.88 Å². The highest BCUT2D eigenvalue weighted by Gasteiger charge is 2.00. The molecule has 0 saturated carbocycles. The van der Waals surface area contributed by atoms with Crippen molar-refractivity contribution in [2.24, 2.45) is 0 Å². The summed E-state index contributed by atoms with van der Waals surface area (Å²) >= 11 is 5.69. The van der Waals surface area contributed by atoms with Gasteiger partial charge in [0, 0.05) is 12.1 Å². The molecule has 0 amide bonds. The molecule has 0 unspecified atom stereocenters. The van der Waals surface area contributed by atoms with Crippen LogP contribution in [0.5, 0.6) is 0 Å². The van der Waals surface area contributed by atoms with Crippen molar-refractivity contribution in [3.8, 4) is 0 Å². The molecule has 2 heterocycles. The summed E-state index contributed by atoms with van der Waals surface area (Å²) < 4.78 is 0. The maximum atomic E-state index is 5.69. The SMILES string of the molecule is ClCc1ccnc2nc[nH]c12. The number of aromatic nitrogens is 3. The van der Waals surface area contributed by atoms with Crippen LogP contribution in [0.3, 0.4) is 0 Å². The average molecular weight is 168 g/mol. The minimum atomic E-state index is 0.487. The molecule has 0 saturated heterocycles. The number of hydrogen-bond acceptors (Lipinski definition) is 2. The van der Waals surface area contributed by atoms with Crippen LogP contribution in [0.1, 0.15) is 5.56 Å². The maximum absolute atomic E-state index is 5.69. The maximum Gasteiger partial charge on any atom is 0.177 e. The van der Waals surface area contributed by atoms with Gasteiger partial charge in [-0.3, -0.25) is 0 Å². The lowest BCUT2D eigenvalue weighted by molar-refractivity contribution is 1.30. The molecule has 0 aliphatic rings. The molecule has 0 aliphatic heterocycles. The number of aromatic amines is 1. The molecule has 2 aromatic heterocycles. The monoisotopic (exact) mass is 167 g/mol. The van der Waals surface area contributed by atoms with Crippen molar-refractivity contribution < 1.29 is 0 Å². The third kappa shape index (κ3) is 0.973. The van der Waals surface area contributed by atoms with E-state index in [1.807, 2.05) is 6.07 Å². The van der Waals surface area contributed by atoms with Crippen LogP contribution >= 0.6 is 11.6 Å². The number of nitrogens with one attached hydrogen (secondary N) is 1. The van der Waals surface area contributed by atoms with E-state index in [9.17, 15) is 0 Å². The number of hydrogen-bond donors (Lipinski definition) is 1. The summed E-state index contributed by atoms with van der Waals surface area (Å²) in [7, 11) is 0. The van der Waals surface area contributed by atoms with E-state index >= 15 is 0 Å². The minimum absolute atomic E-state index is 0.487. The first-order valence-electron chi connectivity index (χ1n) is 3.25. The van der Waals surface area contributed by atoms with Crippen LogP contribution in [-0.4, -0.2) is 15.0 Å². The zero-order valence-electron chi connectivity index (χ0n) is 5.71. The highest BCUT2D eigenvalue weighted by atomic mass is 35.5. The zero-order valence-corrected chi connectivity index (χ0v) is 6.47. The summed E-state index contributed by atoms with van der Waals surface area (Å²) in [5, 5.41) is 0. The van der Waals surface area contributed by atoms with E-state index in [-0.39, 0.29) is 0 Å². The lowest BCUT2D eigenvalue weighted by Gasteiger charge is -1.93. The molecule has 4 heteroatoms. The van der Waals surface area contributed by atoms with Crippen LogP contribution in [0.25, 0.3) is 11.2 Å². The van der Waals surface area contributed by atoms with Crippen LogP contribution < -0.4 is 0 Å². The Hall–Kier alpha value is -1.09. The summed E-state index contributed by atoms with van der Waals surface area (Å²) in [6.07, 6.45) is 3.33. The predicted octanol–water partition coefficient (Wildman–Crippen LogP) is 1.70. The number of halogens is 1. The van der Waals surface area contributed by atoms with Gasteiger partial charge in [0.25, 0.3) is 0 Å². The number of H-pyrrole nitrogens is 1. The summed E-state index contributed by atoms with van der Waals surface area (Å²) in [6.45, 7) is 0. The van der Waals surface area contributed by atoms with E-state index in [1.165, 1.54) is 0 Å². The lowest BCUT2D eigenvalue weighted by atomic mass is 10.3. The van der Waals surface area contributed by atoms with E-state index in [4.69, 9.17) is 11.6 Å². The van der Waals surface area contributed by atoms with Crippen molar-refractivity contribution in [3.05, 3.63) is 24.2 Å². The molecule has 0 atom stereocenters. The molecule has 0 spiro atoms. The molecule has 0 fully saturated rings. The first-order chi connectivity index (χ1) is 5.42. The van der Waals surface area contributed by atoms with Crippen LogP contribution in [-0.2, 0) is 5.88 Å². The van der Waals surface area contributed by atoms with Gasteiger partial charge in [-0.25, -0.2) is 9.97 Å². The number of imidazole rings is 1. The third-order valence-corrected chi connectivity index (χ3v) is 1.84. The fourth-order valence-corrected chi connectivity index (χ4v) is 1.24. The molecule has 2 aromatic rings. The Morgan fingerprint density at radius 2 is 2.36 bits per heavy atom. The zero-order chi connectivity index (χ0) is 7.68. The molecule has 1 N–H and O–H groups in total. The van der Waals surface area contributed by atoms with Gasteiger partial charge in [0.05, 0.1) is 11.8 Å². The van der Waals surface area contributed by atoms with E-state index in [1.54, 1.807) is 12.5 Å². The Morgan fingerprint density at radius 1 is 1.45 bits per heavy atom. The molecular formula is C7H6ClN3. The molecule has 11 heavy (non-hydrogen) atoms. The number of fused-ring (bicyclic) bond motifs is 1. The molecule has 0 bridgehead atoms. The van der Waals surface area contributed by atoms with E-state index in [2.05, 4.69) is 15.0 Å². The molecule has 56 valence electrons. The van der Waals surface area contributed by atoms with Crippen molar-refractivity contribution in [2.75, 3.05) is 0 Å². The van der Waals surface area contributed by atoms with Crippen molar-refractivity contribution >= 4 is 22.8 Å². The molecule has 0 radical (unpaired) electrons. The van der Waals surface area contributed by atoms with Gasteiger partial charge in [0.15, 0.2) is 5.65 Å². The standard InChI is InChI=1S/C7H6ClN3/c8-3-5-1-2-9-7-6(5)10-4-11-7/h1-2,4H,3H2,(H,9,10,11). The predicted molar refractivity (Wildman–Crippen MR) is 43.4 cm³/mol. The second kappa shape index (κ2) is 2.51.